The summed E-state index contributed by atoms with van der Waals surface area (Å²) in [6.45, 7) is 5.74. The Morgan fingerprint density at radius 1 is 1.33 bits per heavy atom. The van der Waals surface area contributed by atoms with Crippen LogP contribution in [0, 0.1) is 6.92 Å². The van der Waals surface area contributed by atoms with E-state index < -0.39 is 0 Å². The Labute approximate surface area is 128 Å². The first-order valence-corrected chi connectivity index (χ1v) is 7.91. The maximum absolute atomic E-state index is 5.29. The van der Waals surface area contributed by atoms with Crippen LogP contribution in [0.2, 0.25) is 0 Å². The molecule has 4 nitrogen and oxygen atoms in total. The summed E-state index contributed by atoms with van der Waals surface area (Å²) in [5.41, 5.74) is 2.36. The topological polar surface area (TPSA) is 45.7 Å². The van der Waals surface area contributed by atoms with E-state index in [9.17, 15) is 0 Å². The molecule has 1 saturated carbocycles. The highest BCUT2D eigenvalue weighted by molar-refractivity contribution is 5.80. The molecule has 0 bridgehead atoms. The number of guanidine groups is 1. The van der Waals surface area contributed by atoms with Gasteiger partial charge in [0.25, 0.3) is 0 Å². The second-order valence-electron chi connectivity index (χ2n) is 5.62. The molecular formula is C17H27N3O. The Hall–Kier alpha value is -1.71. The van der Waals surface area contributed by atoms with E-state index in [0.717, 1.165) is 23.8 Å². The number of hydrogen-bond acceptors (Lipinski definition) is 2. The van der Waals surface area contributed by atoms with Gasteiger partial charge in [0.2, 0.25) is 0 Å². The lowest BCUT2D eigenvalue weighted by Crippen LogP contribution is -2.42. The minimum Gasteiger partial charge on any atom is -0.496 e. The van der Waals surface area contributed by atoms with Crippen molar-refractivity contribution < 1.29 is 4.74 Å². The Bertz CT molecular complexity index is 479. The fourth-order valence-corrected chi connectivity index (χ4v) is 2.79. The van der Waals surface area contributed by atoms with Gasteiger partial charge in [0.05, 0.1) is 13.7 Å². The van der Waals surface area contributed by atoms with Crippen LogP contribution >= 0.6 is 0 Å². The molecule has 116 valence electrons. The fourth-order valence-electron chi connectivity index (χ4n) is 2.79. The van der Waals surface area contributed by atoms with Crippen molar-refractivity contribution >= 4 is 5.96 Å². The molecule has 1 aliphatic rings. The van der Waals surface area contributed by atoms with Crippen LogP contribution in [0.25, 0.3) is 0 Å². The zero-order valence-corrected chi connectivity index (χ0v) is 13.4. The van der Waals surface area contributed by atoms with Gasteiger partial charge in [-0.15, -0.1) is 0 Å². The van der Waals surface area contributed by atoms with Crippen molar-refractivity contribution in [3.8, 4) is 5.75 Å². The Morgan fingerprint density at radius 2 is 2.10 bits per heavy atom. The molecule has 1 aromatic rings. The van der Waals surface area contributed by atoms with E-state index in [1.54, 1.807) is 7.11 Å². The lowest BCUT2D eigenvalue weighted by atomic mass is 10.1. The summed E-state index contributed by atoms with van der Waals surface area (Å²) >= 11 is 0. The summed E-state index contributed by atoms with van der Waals surface area (Å²) in [4.78, 5) is 4.70. The van der Waals surface area contributed by atoms with Gasteiger partial charge in [-0.2, -0.15) is 0 Å². The first-order chi connectivity index (χ1) is 10.2. The van der Waals surface area contributed by atoms with Crippen LogP contribution in [0.5, 0.6) is 5.75 Å². The number of rotatable bonds is 5. The number of methoxy groups -OCH3 is 1. The zero-order chi connectivity index (χ0) is 15.1. The smallest absolute Gasteiger partial charge is 0.191 e. The van der Waals surface area contributed by atoms with Gasteiger partial charge in [0.1, 0.15) is 5.75 Å². The molecule has 1 aromatic carbocycles. The number of aryl methyl sites for hydroxylation is 1. The molecular weight excluding hydrogens is 262 g/mol. The molecule has 0 radical (unpaired) electrons. The molecule has 1 aliphatic carbocycles. The molecule has 0 heterocycles. The lowest BCUT2D eigenvalue weighted by Gasteiger charge is -2.16. The van der Waals surface area contributed by atoms with Crippen LogP contribution in [0.4, 0.5) is 0 Å². The van der Waals surface area contributed by atoms with Crippen molar-refractivity contribution in [3.05, 3.63) is 29.3 Å². The third-order valence-corrected chi connectivity index (χ3v) is 3.92. The summed E-state index contributed by atoms with van der Waals surface area (Å²) < 4.78 is 5.29. The summed E-state index contributed by atoms with van der Waals surface area (Å²) in [6, 6.07) is 6.81. The molecule has 21 heavy (non-hydrogen) atoms. The second kappa shape index (κ2) is 7.91. The van der Waals surface area contributed by atoms with Crippen LogP contribution in [-0.2, 0) is 6.54 Å². The number of nitrogens with zero attached hydrogens (tertiary/aromatic N) is 1. The number of benzene rings is 1. The van der Waals surface area contributed by atoms with E-state index in [-0.39, 0.29) is 0 Å². The van der Waals surface area contributed by atoms with Gasteiger partial charge in [0.15, 0.2) is 5.96 Å². The number of aliphatic imine (C=N–C) groups is 1. The molecule has 2 N–H and O–H groups in total. The van der Waals surface area contributed by atoms with Crippen LogP contribution in [0.1, 0.15) is 43.7 Å². The van der Waals surface area contributed by atoms with E-state index in [2.05, 4.69) is 36.6 Å². The molecule has 0 unspecified atom stereocenters. The molecule has 4 heteroatoms. The molecule has 0 saturated heterocycles. The van der Waals surface area contributed by atoms with Gasteiger partial charge in [-0.1, -0.05) is 25.0 Å². The average Bonchev–Trinajstić information content (AvgIpc) is 2.98. The van der Waals surface area contributed by atoms with Gasteiger partial charge in [0, 0.05) is 12.6 Å². The highest BCUT2D eigenvalue weighted by atomic mass is 16.5. The third-order valence-electron chi connectivity index (χ3n) is 3.92. The van der Waals surface area contributed by atoms with Crippen LogP contribution in [0.3, 0.4) is 0 Å². The highest BCUT2D eigenvalue weighted by Crippen LogP contribution is 2.19. The van der Waals surface area contributed by atoms with E-state index in [1.807, 2.05) is 6.07 Å². The standard InChI is InChI=1S/C17H27N3O/c1-4-18-17(20-15-7-5-6-8-15)19-12-14-9-10-16(21-3)13(2)11-14/h9-11,15H,4-8,12H2,1-3H3,(H2,18,19,20). The maximum atomic E-state index is 5.29. The Kier molecular flexibility index (Phi) is 5.90. The van der Waals surface area contributed by atoms with E-state index in [4.69, 9.17) is 9.73 Å². The minimum atomic E-state index is 0.584. The summed E-state index contributed by atoms with van der Waals surface area (Å²) in [6.07, 6.45) is 5.17. The summed E-state index contributed by atoms with van der Waals surface area (Å²) in [7, 11) is 1.70. The van der Waals surface area contributed by atoms with Crippen molar-refractivity contribution in [2.45, 2.75) is 52.1 Å². The first-order valence-electron chi connectivity index (χ1n) is 7.91. The predicted molar refractivity (Wildman–Crippen MR) is 87.9 cm³/mol. The van der Waals surface area contributed by atoms with Gasteiger partial charge >= 0.3 is 0 Å². The molecule has 1 fully saturated rings. The van der Waals surface area contributed by atoms with Gasteiger partial charge in [-0.25, -0.2) is 4.99 Å². The molecule has 0 atom stereocenters. The van der Waals surface area contributed by atoms with Crippen molar-refractivity contribution in [3.63, 3.8) is 0 Å². The van der Waals surface area contributed by atoms with Crippen LogP contribution < -0.4 is 15.4 Å². The molecule has 2 rings (SSSR count). The summed E-state index contributed by atoms with van der Waals surface area (Å²) in [5.74, 6) is 1.86. The maximum Gasteiger partial charge on any atom is 0.191 e. The van der Waals surface area contributed by atoms with Crippen LogP contribution in [0.15, 0.2) is 23.2 Å². The normalized spacial score (nSPS) is 16.0. The van der Waals surface area contributed by atoms with E-state index >= 15 is 0 Å². The van der Waals surface area contributed by atoms with Crippen molar-refractivity contribution in [1.82, 2.24) is 10.6 Å². The minimum absolute atomic E-state index is 0.584. The Morgan fingerprint density at radius 3 is 2.71 bits per heavy atom. The second-order valence-corrected chi connectivity index (χ2v) is 5.62. The van der Waals surface area contributed by atoms with E-state index in [0.29, 0.717) is 12.6 Å². The molecule has 0 amide bonds. The SMILES string of the molecule is CCNC(=NCc1ccc(OC)c(C)c1)NC1CCCC1. The fraction of sp³-hybridized carbons (Fsp3) is 0.588. The van der Waals surface area contributed by atoms with Crippen molar-refractivity contribution in [1.29, 1.82) is 0 Å². The predicted octanol–water partition coefficient (Wildman–Crippen LogP) is 3.00. The number of nitrogens with one attached hydrogen (secondary N) is 2. The van der Waals surface area contributed by atoms with Gasteiger partial charge < -0.3 is 15.4 Å². The number of hydrogen-bond donors (Lipinski definition) is 2. The largest absolute Gasteiger partial charge is 0.496 e. The molecule has 0 aliphatic heterocycles. The lowest BCUT2D eigenvalue weighted by molar-refractivity contribution is 0.411. The first kappa shape index (κ1) is 15.7. The molecule has 0 aromatic heterocycles. The van der Waals surface area contributed by atoms with Gasteiger partial charge in [-0.05, 0) is 43.9 Å². The van der Waals surface area contributed by atoms with Gasteiger partial charge in [-0.3, -0.25) is 0 Å². The third kappa shape index (κ3) is 4.66. The average molecular weight is 289 g/mol. The highest BCUT2D eigenvalue weighted by Gasteiger charge is 2.15. The van der Waals surface area contributed by atoms with Crippen LogP contribution in [-0.4, -0.2) is 25.7 Å². The monoisotopic (exact) mass is 289 g/mol. The quantitative estimate of drug-likeness (QED) is 0.647. The Balaban J connectivity index is 1.99. The summed E-state index contributed by atoms with van der Waals surface area (Å²) in [5, 5.41) is 6.87. The van der Waals surface area contributed by atoms with Crippen molar-refractivity contribution in [2.24, 2.45) is 4.99 Å². The van der Waals surface area contributed by atoms with E-state index in [1.165, 1.54) is 31.2 Å². The van der Waals surface area contributed by atoms with Crippen molar-refractivity contribution in [2.75, 3.05) is 13.7 Å². The molecule has 0 spiro atoms. The number of ether oxygens (including phenoxy) is 1. The zero-order valence-electron chi connectivity index (χ0n) is 13.4.